The third-order valence-electron chi connectivity index (χ3n) is 4.76. The fraction of sp³-hybridized carbons (Fsp3) is 0.706. The van der Waals surface area contributed by atoms with Gasteiger partial charge in [0, 0.05) is 6.54 Å². The molecule has 4 atom stereocenters. The molecule has 3 amide bonds. The van der Waals surface area contributed by atoms with Crippen LogP contribution in [-0.2, 0) is 24.0 Å². The van der Waals surface area contributed by atoms with Gasteiger partial charge >= 0.3 is 11.9 Å². The lowest BCUT2D eigenvalue weighted by molar-refractivity contribution is -0.144. The SMILES string of the molecule is CCC(C)C(NC(=O)C1CCCN1C(=O)C(N)CC(=O)O)C(=O)NCC(=O)O. The van der Waals surface area contributed by atoms with Crippen molar-refractivity contribution in [1.29, 1.82) is 0 Å². The molecule has 0 bridgehead atoms. The number of nitrogens with zero attached hydrogens (tertiary/aromatic N) is 1. The fourth-order valence-electron chi connectivity index (χ4n) is 3.02. The van der Waals surface area contributed by atoms with Gasteiger partial charge in [-0.3, -0.25) is 24.0 Å². The molecular weight excluding hydrogens is 372 g/mol. The van der Waals surface area contributed by atoms with Crippen LogP contribution in [0.15, 0.2) is 0 Å². The van der Waals surface area contributed by atoms with E-state index in [4.69, 9.17) is 15.9 Å². The summed E-state index contributed by atoms with van der Waals surface area (Å²) in [5.41, 5.74) is 5.62. The second kappa shape index (κ2) is 10.6. The number of likely N-dealkylation sites (tertiary alicyclic amines) is 1. The lowest BCUT2D eigenvalue weighted by Gasteiger charge is -2.29. The number of carbonyl (C=O) groups is 5. The summed E-state index contributed by atoms with van der Waals surface area (Å²) in [6.07, 6.45) is 0.920. The molecule has 1 fully saturated rings. The van der Waals surface area contributed by atoms with E-state index < -0.39 is 60.8 Å². The van der Waals surface area contributed by atoms with E-state index in [0.717, 1.165) is 0 Å². The third kappa shape index (κ3) is 6.48. The summed E-state index contributed by atoms with van der Waals surface area (Å²) in [7, 11) is 0. The number of carboxylic acid groups (broad SMARTS) is 2. The first-order valence-electron chi connectivity index (χ1n) is 9.16. The van der Waals surface area contributed by atoms with Crippen LogP contribution in [0.3, 0.4) is 0 Å². The van der Waals surface area contributed by atoms with Crippen LogP contribution in [0.5, 0.6) is 0 Å². The van der Waals surface area contributed by atoms with Gasteiger partial charge in [-0.25, -0.2) is 0 Å². The van der Waals surface area contributed by atoms with Crippen molar-refractivity contribution in [3.63, 3.8) is 0 Å². The number of hydrogen-bond acceptors (Lipinski definition) is 6. The standard InChI is InChI=1S/C17H28N4O7/c1-3-9(2)14(16(27)19-8-13(24)25)20-15(26)11-5-4-6-21(11)17(28)10(18)7-12(22)23/h9-11,14H,3-8,18H2,1-2H3,(H,19,27)(H,20,26)(H,22,23)(H,24,25). The predicted octanol–water partition coefficient (Wildman–Crippen LogP) is -1.49. The zero-order chi connectivity index (χ0) is 21.4. The molecule has 0 aliphatic carbocycles. The van der Waals surface area contributed by atoms with Crippen LogP contribution in [0, 0.1) is 5.92 Å². The van der Waals surface area contributed by atoms with Crippen LogP contribution in [0.2, 0.25) is 0 Å². The van der Waals surface area contributed by atoms with Gasteiger partial charge in [-0.1, -0.05) is 20.3 Å². The maximum atomic E-state index is 12.7. The van der Waals surface area contributed by atoms with E-state index in [0.29, 0.717) is 19.3 Å². The molecule has 0 saturated carbocycles. The highest BCUT2D eigenvalue weighted by molar-refractivity contribution is 5.94. The van der Waals surface area contributed by atoms with Crippen molar-refractivity contribution in [1.82, 2.24) is 15.5 Å². The Labute approximate surface area is 162 Å². The molecule has 11 heteroatoms. The van der Waals surface area contributed by atoms with Gasteiger partial charge in [0.2, 0.25) is 17.7 Å². The van der Waals surface area contributed by atoms with E-state index in [2.05, 4.69) is 10.6 Å². The summed E-state index contributed by atoms with van der Waals surface area (Å²) in [4.78, 5) is 60.1. The van der Waals surface area contributed by atoms with E-state index >= 15 is 0 Å². The average molecular weight is 400 g/mol. The molecule has 1 aliphatic rings. The summed E-state index contributed by atoms with van der Waals surface area (Å²) in [5, 5.41) is 22.3. The highest BCUT2D eigenvalue weighted by Crippen LogP contribution is 2.20. The minimum Gasteiger partial charge on any atom is -0.481 e. The molecule has 1 rings (SSSR count). The molecule has 4 unspecified atom stereocenters. The monoisotopic (exact) mass is 400 g/mol. The van der Waals surface area contributed by atoms with Crippen LogP contribution in [-0.4, -0.2) is 76.0 Å². The second-order valence-corrected chi connectivity index (χ2v) is 6.88. The number of nitrogens with one attached hydrogen (secondary N) is 2. The molecule has 0 radical (unpaired) electrons. The molecular formula is C17H28N4O7. The van der Waals surface area contributed by atoms with Gasteiger partial charge in [-0.2, -0.15) is 0 Å². The van der Waals surface area contributed by atoms with E-state index in [-0.39, 0.29) is 12.5 Å². The summed E-state index contributed by atoms with van der Waals surface area (Å²) < 4.78 is 0. The number of aliphatic carboxylic acids is 2. The van der Waals surface area contributed by atoms with E-state index in [1.165, 1.54) is 4.90 Å². The highest BCUT2D eigenvalue weighted by atomic mass is 16.4. The Balaban J connectivity index is 2.84. The predicted molar refractivity (Wildman–Crippen MR) is 97.0 cm³/mol. The maximum absolute atomic E-state index is 12.7. The molecule has 1 aliphatic heterocycles. The van der Waals surface area contributed by atoms with E-state index in [1.807, 2.05) is 6.92 Å². The van der Waals surface area contributed by atoms with Crippen molar-refractivity contribution >= 4 is 29.7 Å². The largest absolute Gasteiger partial charge is 0.481 e. The minimum atomic E-state index is -1.25. The van der Waals surface area contributed by atoms with Crippen molar-refractivity contribution in [2.75, 3.05) is 13.1 Å². The number of hydrogen-bond donors (Lipinski definition) is 5. The molecule has 1 saturated heterocycles. The van der Waals surface area contributed by atoms with Gasteiger partial charge in [0.25, 0.3) is 0 Å². The average Bonchev–Trinajstić information content (AvgIpc) is 3.11. The molecule has 1 heterocycles. The Bertz CT molecular complexity index is 625. The van der Waals surface area contributed by atoms with Crippen molar-refractivity contribution in [2.45, 2.75) is 57.7 Å². The quantitative estimate of drug-likeness (QED) is 0.294. The van der Waals surface area contributed by atoms with Crippen molar-refractivity contribution in [2.24, 2.45) is 11.7 Å². The first kappa shape index (κ1) is 23.3. The minimum absolute atomic E-state index is 0.266. The summed E-state index contributed by atoms with van der Waals surface area (Å²) in [6.45, 7) is 3.26. The first-order chi connectivity index (χ1) is 13.1. The molecule has 28 heavy (non-hydrogen) atoms. The topological polar surface area (TPSA) is 179 Å². The summed E-state index contributed by atoms with van der Waals surface area (Å²) >= 11 is 0. The van der Waals surface area contributed by atoms with Gasteiger partial charge in [0.05, 0.1) is 12.5 Å². The molecule has 0 aromatic carbocycles. The van der Waals surface area contributed by atoms with Crippen LogP contribution >= 0.6 is 0 Å². The second-order valence-electron chi connectivity index (χ2n) is 6.88. The molecule has 0 spiro atoms. The maximum Gasteiger partial charge on any atom is 0.322 e. The molecule has 6 N–H and O–H groups in total. The zero-order valence-electron chi connectivity index (χ0n) is 16.0. The van der Waals surface area contributed by atoms with Crippen LogP contribution in [0.1, 0.15) is 39.5 Å². The first-order valence-corrected chi connectivity index (χ1v) is 9.16. The Kier molecular flexibility index (Phi) is 8.83. The van der Waals surface area contributed by atoms with Crippen molar-refractivity contribution < 1.29 is 34.2 Å². The Morgan fingerprint density at radius 2 is 1.82 bits per heavy atom. The van der Waals surface area contributed by atoms with Gasteiger partial charge < -0.3 is 31.5 Å². The number of rotatable bonds is 10. The van der Waals surface area contributed by atoms with Gasteiger partial charge in [-0.05, 0) is 18.8 Å². The summed E-state index contributed by atoms with van der Waals surface area (Å²) in [5.74, 6) is -4.49. The normalized spacial score (nSPS) is 19.4. The Morgan fingerprint density at radius 3 is 2.36 bits per heavy atom. The number of nitrogens with two attached hydrogens (primary N) is 1. The fourth-order valence-corrected chi connectivity index (χ4v) is 3.02. The summed E-state index contributed by atoms with van der Waals surface area (Å²) in [6, 6.07) is -3.07. The lowest BCUT2D eigenvalue weighted by Crippen LogP contribution is -2.57. The van der Waals surface area contributed by atoms with Crippen LogP contribution < -0.4 is 16.4 Å². The van der Waals surface area contributed by atoms with Gasteiger partial charge in [0.1, 0.15) is 18.6 Å². The molecule has 158 valence electrons. The number of carbonyl (C=O) groups excluding carboxylic acids is 3. The molecule has 0 aromatic rings. The van der Waals surface area contributed by atoms with Crippen LogP contribution in [0.4, 0.5) is 0 Å². The van der Waals surface area contributed by atoms with Crippen LogP contribution in [0.25, 0.3) is 0 Å². The zero-order valence-corrected chi connectivity index (χ0v) is 16.0. The van der Waals surface area contributed by atoms with Gasteiger partial charge in [0.15, 0.2) is 0 Å². The molecule has 0 aromatic heterocycles. The highest BCUT2D eigenvalue weighted by Gasteiger charge is 2.38. The van der Waals surface area contributed by atoms with E-state index in [9.17, 15) is 24.0 Å². The third-order valence-corrected chi connectivity index (χ3v) is 4.76. The van der Waals surface area contributed by atoms with Gasteiger partial charge in [-0.15, -0.1) is 0 Å². The van der Waals surface area contributed by atoms with Crippen molar-refractivity contribution in [3.8, 4) is 0 Å². The Morgan fingerprint density at radius 1 is 1.18 bits per heavy atom. The Hall–Kier alpha value is -2.69. The number of carboxylic acids is 2. The lowest BCUT2D eigenvalue weighted by atomic mass is 9.97. The smallest absolute Gasteiger partial charge is 0.322 e. The molecule has 11 nitrogen and oxygen atoms in total. The number of amides is 3. The van der Waals surface area contributed by atoms with Crippen molar-refractivity contribution in [3.05, 3.63) is 0 Å². The van der Waals surface area contributed by atoms with E-state index in [1.54, 1.807) is 6.92 Å².